The lowest BCUT2D eigenvalue weighted by Crippen LogP contribution is -2.39. The van der Waals surface area contributed by atoms with Crippen molar-refractivity contribution in [2.75, 3.05) is 44.8 Å². The number of imidazole rings is 1. The van der Waals surface area contributed by atoms with Crippen molar-refractivity contribution in [1.82, 2.24) is 19.4 Å². The zero-order valence-corrected chi connectivity index (χ0v) is 26.3. The van der Waals surface area contributed by atoms with E-state index >= 15 is 0 Å². The molecule has 1 N–H and O–H groups in total. The van der Waals surface area contributed by atoms with Gasteiger partial charge in [-0.3, -0.25) is 9.69 Å². The number of amides is 1. The van der Waals surface area contributed by atoms with Crippen LogP contribution in [0.4, 0.5) is 10.1 Å². The van der Waals surface area contributed by atoms with Gasteiger partial charge in [-0.2, -0.15) is 0 Å². The number of nitrogens with zero attached hydrogens (tertiary/aromatic N) is 4. The molecule has 2 aromatic heterocycles. The van der Waals surface area contributed by atoms with Gasteiger partial charge < -0.3 is 28.8 Å². The predicted octanol–water partition coefficient (Wildman–Crippen LogP) is 5.33. The molecule has 1 amide bonds. The lowest BCUT2D eigenvalue weighted by molar-refractivity contribution is -0.142. The van der Waals surface area contributed by atoms with E-state index in [-0.39, 0.29) is 25.2 Å². The van der Waals surface area contributed by atoms with E-state index in [1.807, 2.05) is 30.3 Å². The Hall–Kier alpha value is -3.61. The van der Waals surface area contributed by atoms with Gasteiger partial charge in [0, 0.05) is 40.6 Å². The number of piperidine rings is 1. The molecule has 5 heterocycles. The van der Waals surface area contributed by atoms with E-state index in [0.717, 1.165) is 68.1 Å². The number of carbonyl (C=O) groups is 1. The monoisotopic (exact) mass is 649 g/mol. The van der Waals surface area contributed by atoms with Crippen LogP contribution in [0.3, 0.4) is 0 Å². The Bertz CT molecular complexity index is 1680. The molecule has 46 heavy (non-hydrogen) atoms. The fraction of sp³-hybridized carbons (Fsp3) is 0.441. The Morgan fingerprint density at radius 3 is 2.65 bits per heavy atom. The maximum atomic E-state index is 14.2. The van der Waals surface area contributed by atoms with E-state index in [4.69, 9.17) is 40.5 Å². The number of hydrogen-bond donors (Lipinski definition) is 1. The van der Waals surface area contributed by atoms with Crippen LogP contribution in [0, 0.1) is 5.82 Å². The van der Waals surface area contributed by atoms with Crippen LogP contribution < -0.4 is 10.1 Å². The van der Waals surface area contributed by atoms with Crippen molar-refractivity contribution >= 4 is 34.2 Å². The van der Waals surface area contributed by atoms with Gasteiger partial charge in [0.1, 0.15) is 18.2 Å². The molecule has 2 aromatic carbocycles. The van der Waals surface area contributed by atoms with E-state index in [0.29, 0.717) is 47.8 Å². The Morgan fingerprint density at radius 2 is 1.89 bits per heavy atom. The van der Waals surface area contributed by atoms with Crippen molar-refractivity contribution in [3.05, 3.63) is 82.5 Å². The second kappa shape index (κ2) is 14.0. The summed E-state index contributed by atoms with van der Waals surface area (Å²) < 4.78 is 39.0. The first-order chi connectivity index (χ1) is 22.5. The molecule has 0 spiro atoms. The number of rotatable bonds is 10. The van der Waals surface area contributed by atoms with Gasteiger partial charge in [0.05, 0.1) is 50.0 Å². The number of halogens is 2. The van der Waals surface area contributed by atoms with Crippen LogP contribution in [-0.2, 0) is 38.7 Å². The summed E-state index contributed by atoms with van der Waals surface area (Å²) in [4.78, 5) is 24.9. The maximum absolute atomic E-state index is 14.2. The molecule has 2 unspecified atom stereocenters. The Kier molecular flexibility index (Phi) is 9.45. The SMILES string of the molecule is O=C(Nc1ccc2c(c1)nc(CN1CCC(c3cccc(OCc4ccc(Cl)cc4F)n3)CC1)n2CC1CCO1)C1COCCO1. The van der Waals surface area contributed by atoms with Crippen molar-refractivity contribution in [3.8, 4) is 5.88 Å². The average Bonchev–Trinajstić information content (AvgIpc) is 3.38. The van der Waals surface area contributed by atoms with Crippen molar-refractivity contribution in [3.63, 3.8) is 0 Å². The summed E-state index contributed by atoms with van der Waals surface area (Å²) in [7, 11) is 0. The van der Waals surface area contributed by atoms with Crippen LogP contribution in [0.2, 0.25) is 5.02 Å². The Labute approximate surface area is 271 Å². The molecule has 242 valence electrons. The molecule has 10 nitrogen and oxygen atoms in total. The standard InChI is InChI=1S/C34H37ClFN5O5/c35-24-5-4-23(27(36)16-24)20-46-33-3-1-2-28(39-33)22-8-11-40(12-9-22)19-32-38-29-17-25(37-34(42)31-21-43-14-15-45-31)6-7-30(29)41(32)18-26-10-13-44-26/h1-7,16-17,22,26,31H,8-15,18-21H2,(H,37,42). The normalized spacial score (nSPS) is 20.8. The topological polar surface area (TPSA) is 100.0 Å². The number of aromatic nitrogens is 3. The van der Waals surface area contributed by atoms with Gasteiger partial charge in [-0.1, -0.05) is 23.7 Å². The van der Waals surface area contributed by atoms with E-state index in [1.54, 1.807) is 18.2 Å². The van der Waals surface area contributed by atoms with Crippen LogP contribution in [0.15, 0.2) is 54.6 Å². The first-order valence-corrected chi connectivity index (χ1v) is 16.2. The summed E-state index contributed by atoms with van der Waals surface area (Å²) in [5.74, 6) is 1.17. The number of nitrogens with one attached hydrogen (secondary N) is 1. The summed E-state index contributed by atoms with van der Waals surface area (Å²) >= 11 is 5.87. The Morgan fingerprint density at radius 1 is 1.02 bits per heavy atom. The van der Waals surface area contributed by atoms with Gasteiger partial charge in [-0.05, 0) is 68.8 Å². The molecule has 2 atom stereocenters. The summed E-state index contributed by atoms with van der Waals surface area (Å²) in [6.07, 6.45) is 2.52. The fourth-order valence-electron chi connectivity index (χ4n) is 6.19. The van der Waals surface area contributed by atoms with Crippen LogP contribution in [-0.4, -0.2) is 77.1 Å². The zero-order chi connectivity index (χ0) is 31.5. The molecule has 12 heteroatoms. The number of pyridine rings is 1. The summed E-state index contributed by atoms with van der Waals surface area (Å²) in [6.45, 7) is 5.32. The molecule has 0 radical (unpaired) electrons. The first kappa shape index (κ1) is 31.0. The Balaban J connectivity index is 0.996. The molecule has 3 aliphatic heterocycles. The predicted molar refractivity (Wildman–Crippen MR) is 171 cm³/mol. The fourth-order valence-corrected chi connectivity index (χ4v) is 6.35. The van der Waals surface area contributed by atoms with Crippen molar-refractivity contribution < 1.29 is 28.1 Å². The van der Waals surface area contributed by atoms with Gasteiger partial charge in [-0.15, -0.1) is 0 Å². The highest BCUT2D eigenvalue weighted by Gasteiger charge is 2.27. The van der Waals surface area contributed by atoms with Gasteiger partial charge in [-0.25, -0.2) is 14.4 Å². The summed E-state index contributed by atoms with van der Waals surface area (Å²) in [6, 6.07) is 16.2. The quantitative estimate of drug-likeness (QED) is 0.246. The summed E-state index contributed by atoms with van der Waals surface area (Å²) in [5, 5.41) is 3.31. The van der Waals surface area contributed by atoms with Crippen LogP contribution in [0.25, 0.3) is 11.0 Å². The van der Waals surface area contributed by atoms with Crippen molar-refractivity contribution in [1.29, 1.82) is 0 Å². The number of benzene rings is 2. The zero-order valence-electron chi connectivity index (χ0n) is 25.5. The molecule has 3 aliphatic rings. The minimum absolute atomic E-state index is 0.0859. The van der Waals surface area contributed by atoms with E-state index in [2.05, 4.69) is 14.8 Å². The molecule has 0 aliphatic carbocycles. The minimum Gasteiger partial charge on any atom is -0.473 e. The highest BCUT2D eigenvalue weighted by molar-refractivity contribution is 6.30. The second-order valence-electron chi connectivity index (χ2n) is 12.0. The van der Waals surface area contributed by atoms with E-state index in [1.165, 1.54) is 6.07 Å². The molecule has 7 rings (SSSR count). The van der Waals surface area contributed by atoms with Crippen LogP contribution in [0.5, 0.6) is 5.88 Å². The van der Waals surface area contributed by atoms with Gasteiger partial charge in [0.15, 0.2) is 6.10 Å². The minimum atomic E-state index is -0.611. The third-order valence-electron chi connectivity index (χ3n) is 8.89. The molecular formula is C34H37ClFN5O5. The lowest BCUT2D eigenvalue weighted by atomic mass is 9.93. The number of anilines is 1. The molecule has 0 saturated carbocycles. The first-order valence-electron chi connectivity index (χ1n) is 15.9. The largest absolute Gasteiger partial charge is 0.473 e. The van der Waals surface area contributed by atoms with E-state index < -0.39 is 11.9 Å². The number of ether oxygens (including phenoxy) is 4. The number of hydrogen-bond acceptors (Lipinski definition) is 8. The third kappa shape index (κ3) is 7.19. The van der Waals surface area contributed by atoms with Crippen LogP contribution in [0.1, 0.15) is 42.3 Å². The number of likely N-dealkylation sites (tertiary alicyclic amines) is 1. The van der Waals surface area contributed by atoms with Crippen LogP contribution >= 0.6 is 11.6 Å². The molecule has 3 fully saturated rings. The number of fused-ring (bicyclic) bond motifs is 1. The summed E-state index contributed by atoms with van der Waals surface area (Å²) in [5.41, 5.74) is 3.96. The number of carbonyl (C=O) groups excluding carboxylic acids is 1. The van der Waals surface area contributed by atoms with Gasteiger partial charge in [0.25, 0.3) is 5.91 Å². The molecule has 3 saturated heterocycles. The van der Waals surface area contributed by atoms with Crippen molar-refractivity contribution in [2.45, 2.75) is 57.1 Å². The van der Waals surface area contributed by atoms with Gasteiger partial charge in [0.2, 0.25) is 5.88 Å². The highest BCUT2D eigenvalue weighted by atomic mass is 35.5. The lowest BCUT2D eigenvalue weighted by Gasteiger charge is -2.32. The maximum Gasteiger partial charge on any atom is 0.255 e. The van der Waals surface area contributed by atoms with Gasteiger partial charge >= 0.3 is 0 Å². The third-order valence-corrected chi connectivity index (χ3v) is 9.12. The van der Waals surface area contributed by atoms with E-state index in [9.17, 15) is 9.18 Å². The molecule has 0 bridgehead atoms. The molecule has 4 aromatic rings. The smallest absolute Gasteiger partial charge is 0.255 e. The highest BCUT2D eigenvalue weighted by Crippen LogP contribution is 2.30. The second-order valence-corrected chi connectivity index (χ2v) is 12.5. The van der Waals surface area contributed by atoms with Crippen molar-refractivity contribution in [2.24, 2.45) is 0 Å². The molecular weight excluding hydrogens is 613 g/mol. The average molecular weight is 650 g/mol.